The van der Waals surface area contributed by atoms with Gasteiger partial charge in [0, 0.05) is 66.0 Å². The maximum absolute atomic E-state index is 13.9. The summed E-state index contributed by atoms with van der Waals surface area (Å²) in [5.41, 5.74) is 5.87. The number of aromatic nitrogens is 4. The van der Waals surface area contributed by atoms with Gasteiger partial charge >= 0.3 is 0 Å². The van der Waals surface area contributed by atoms with Crippen LogP contribution in [0.25, 0.3) is 44.3 Å². The summed E-state index contributed by atoms with van der Waals surface area (Å²) in [6.45, 7) is 13.0. The fraction of sp³-hybridized carbons (Fsp3) is 0.447. The highest BCUT2D eigenvalue weighted by molar-refractivity contribution is 6.14. The number of carbonyl (C=O) groups excluding carboxylic acids is 1. The summed E-state index contributed by atoms with van der Waals surface area (Å²) in [5, 5.41) is 19.3. The molecule has 0 saturated carbocycles. The summed E-state index contributed by atoms with van der Waals surface area (Å²) >= 11 is 0. The lowest BCUT2D eigenvalue weighted by Crippen LogP contribution is -2.49. The number of aryl methyl sites for hydroxylation is 3. The van der Waals surface area contributed by atoms with Gasteiger partial charge in [-0.1, -0.05) is 5.16 Å². The van der Waals surface area contributed by atoms with E-state index in [1.54, 1.807) is 7.11 Å². The Morgan fingerprint density at radius 1 is 1.06 bits per heavy atom. The van der Waals surface area contributed by atoms with E-state index in [-0.39, 0.29) is 11.9 Å². The Balaban J connectivity index is 1.28. The van der Waals surface area contributed by atoms with Crippen molar-refractivity contribution in [3.8, 4) is 34.2 Å². The van der Waals surface area contributed by atoms with E-state index in [1.807, 2.05) is 65.0 Å². The van der Waals surface area contributed by atoms with Crippen LogP contribution in [0.1, 0.15) is 72.7 Å². The van der Waals surface area contributed by atoms with Gasteiger partial charge in [-0.2, -0.15) is 5.26 Å². The number of likely N-dealkylation sites (tertiary alicyclic amines) is 1. The minimum Gasteiger partial charge on any atom is -0.496 e. The molecule has 0 atom stereocenters. The molecule has 0 radical (unpaired) electrons. The van der Waals surface area contributed by atoms with Crippen LogP contribution < -0.4 is 10.1 Å². The van der Waals surface area contributed by atoms with Gasteiger partial charge in [-0.15, -0.1) is 0 Å². The molecule has 2 aromatic carbocycles. The molecule has 7 rings (SSSR count). The van der Waals surface area contributed by atoms with E-state index in [0.29, 0.717) is 40.3 Å². The lowest BCUT2D eigenvalue weighted by atomic mass is 9.83. The first-order valence-electron chi connectivity index (χ1n) is 17.1. The second kappa shape index (κ2) is 12.9. The number of benzene rings is 2. The van der Waals surface area contributed by atoms with Gasteiger partial charge in [0.05, 0.1) is 40.9 Å². The SMILES string of the molecule is COc1cc2c(cc1-c1c(C)noc1C)[nH]c1nc(C)nc(-c3cc(C(=O)NC4CCN(C5CCOCC5)CC4)cc(C(C)(C)C#N)c3)c12. The summed E-state index contributed by atoms with van der Waals surface area (Å²) in [6, 6.07) is 12.8. The maximum atomic E-state index is 13.9. The molecule has 3 aromatic heterocycles. The van der Waals surface area contributed by atoms with Gasteiger partial charge in [0.2, 0.25) is 0 Å². The molecule has 2 fully saturated rings. The molecule has 2 aliphatic rings. The van der Waals surface area contributed by atoms with Crippen LogP contribution in [0.4, 0.5) is 0 Å². The van der Waals surface area contributed by atoms with Crippen molar-refractivity contribution in [3.05, 3.63) is 58.7 Å². The topological polar surface area (TPSA) is 142 Å². The molecular weight excluding hydrogens is 618 g/mol. The number of nitrogens with one attached hydrogen (secondary N) is 2. The monoisotopic (exact) mass is 661 g/mol. The first-order valence-corrected chi connectivity index (χ1v) is 17.1. The predicted molar refractivity (Wildman–Crippen MR) is 188 cm³/mol. The second-order valence-electron chi connectivity index (χ2n) is 13.9. The molecule has 2 N–H and O–H groups in total. The minimum absolute atomic E-state index is 0.0839. The number of nitrogens with zero attached hydrogens (tertiary/aromatic N) is 5. The van der Waals surface area contributed by atoms with Crippen LogP contribution >= 0.6 is 0 Å². The average molecular weight is 662 g/mol. The van der Waals surface area contributed by atoms with Gasteiger partial charge in [-0.05, 0) is 96.2 Å². The smallest absolute Gasteiger partial charge is 0.251 e. The number of fused-ring (bicyclic) bond motifs is 3. The summed E-state index contributed by atoms with van der Waals surface area (Å²) in [6.07, 6.45) is 3.95. The number of hydrogen-bond acceptors (Lipinski definition) is 9. The quantitative estimate of drug-likeness (QED) is 0.199. The molecule has 5 heterocycles. The molecule has 2 saturated heterocycles. The van der Waals surface area contributed by atoms with Crippen molar-refractivity contribution in [1.82, 2.24) is 30.3 Å². The van der Waals surface area contributed by atoms with Crippen molar-refractivity contribution < 1.29 is 18.8 Å². The Bertz CT molecular complexity index is 2070. The number of amides is 1. The lowest BCUT2D eigenvalue weighted by Gasteiger charge is -2.39. The Kier molecular flexibility index (Phi) is 8.63. The third-order valence-corrected chi connectivity index (χ3v) is 10.2. The minimum atomic E-state index is -0.839. The number of hydrogen-bond donors (Lipinski definition) is 2. The summed E-state index contributed by atoms with van der Waals surface area (Å²) in [5.74, 6) is 1.80. The zero-order valence-electron chi connectivity index (χ0n) is 29.1. The van der Waals surface area contributed by atoms with Crippen molar-refractivity contribution in [2.24, 2.45) is 0 Å². The molecule has 254 valence electrons. The third kappa shape index (κ3) is 6.15. The predicted octanol–water partition coefficient (Wildman–Crippen LogP) is 6.54. The summed E-state index contributed by atoms with van der Waals surface area (Å²) in [4.78, 5) is 29.7. The highest BCUT2D eigenvalue weighted by atomic mass is 16.5. The Hall–Kier alpha value is -4.79. The average Bonchev–Trinajstić information content (AvgIpc) is 3.64. The first-order chi connectivity index (χ1) is 23.6. The number of aromatic amines is 1. The third-order valence-electron chi connectivity index (χ3n) is 10.2. The van der Waals surface area contributed by atoms with E-state index in [1.165, 1.54) is 0 Å². The van der Waals surface area contributed by atoms with Crippen LogP contribution in [0.2, 0.25) is 0 Å². The van der Waals surface area contributed by atoms with Gasteiger partial charge in [-0.25, -0.2) is 9.97 Å². The Morgan fingerprint density at radius 3 is 2.49 bits per heavy atom. The van der Waals surface area contributed by atoms with E-state index in [0.717, 1.165) is 96.2 Å². The van der Waals surface area contributed by atoms with E-state index in [2.05, 4.69) is 26.4 Å². The van der Waals surface area contributed by atoms with Gasteiger partial charge in [0.15, 0.2) is 0 Å². The first kappa shape index (κ1) is 32.7. The number of methoxy groups -OCH3 is 1. The number of piperidine rings is 1. The molecule has 11 heteroatoms. The van der Waals surface area contributed by atoms with Crippen molar-refractivity contribution in [3.63, 3.8) is 0 Å². The van der Waals surface area contributed by atoms with Gasteiger partial charge in [0.25, 0.3) is 5.91 Å². The Morgan fingerprint density at radius 2 is 1.82 bits per heavy atom. The second-order valence-corrected chi connectivity index (χ2v) is 13.9. The zero-order chi connectivity index (χ0) is 34.4. The number of nitriles is 1. The highest BCUT2D eigenvalue weighted by Gasteiger charge is 2.29. The highest BCUT2D eigenvalue weighted by Crippen LogP contribution is 2.42. The van der Waals surface area contributed by atoms with Gasteiger partial charge < -0.3 is 29.2 Å². The standard InChI is InChI=1S/C38H43N7O4/c1-21-33(22(2)49-44-21)30-18-31-29(19-32(30)47-6)34-35(40-23(3)41-36(34)43-31)24-15-25(17-26(16-24)38(4,5)20-39)37(46)42-27-7-11-45(12-8-27)28-9-13-48-14-10-28/h15-19,27-28H,7-14H2,1-6H3,(H,42,46)(H,40,41,43). The van der Waals surface area contributed by atoms with Crippen molar-refractivity contribution >= 4 is 27.8 Å². The molecule has 0 unspecified atom stereocenters. The Labute approximate surface area is 286 Å². The molecule has 1 amide bonds. The fourth-order valence-corrected chi connectivity index (χ4v) is 7.43. The fourth-order valence-electron chi connectivity index (χ4n) is 7.43. The van der Waals surface area contributed by atoms with Crippen LogP contribution in [-0.2, 0) is 10.2 Å². The van der Waals surface area contributed by atoms with E-state index < -0.39 is 5.41 Å². The summed E-state index contributed by atoms with van der Waals surface area (Å²) in [7, 11) is 1.65. The van der Waals surface area contributed by atoms with Crippen LogP contribution in [0, 0.1) is 32.1 Å². The van der Waals surface area contributed by atoms with Crippen LogP contribution in [0.3, 0.4) is 0 Å². The molecular formula is C38H43N7O4. The molecule has 0 aliphatic carbocycles. The van der Waals surface area contributed by atoms with Crippen molar-refractivity contribution in [2.75, 3.05) is 33.4 Å². The molecule has 5 aromatic rings. The van der Waals surface area contributed by atoms with Gasteiger partial charge in [0.1, 0.15) is 23.0 Å². The zero-order valence-corrected chi connectivity index (χ0v) is 29.1. The molecule has 49 heavy (non-hydrogen) atoms. The number of rotatable bonds is 7. The van der Waals surface area contributed by atoms with Gasteiger partial charge in [-0.3, -0.25) is 4.79 Å². The molecule has 0 spiro atoms. The number of H-pyrrole nitrogens is 1. The van der Waals surface area contributed by atoms with E-state index in [9.17, 15) is 10.1 Å². The van der Waals surface area contributed by atoms with Crippen LogP contribution in [0.5, 0.6) is 5.75 Å². The van der Waals surface area contributed by atoms with Crippen LogP contribution in [-0.4, -0.2) is 76.4 Å². The largest absolute Gasteiger partial charge is 0.496 e. The normalized spacial score (nSPS) is 16.7. The molecule has 0 bridgehead atoms. The molecule has 2 aliphatic heterocycles. The number of ether oxygens (including phenoxy) is 2. The van der Waals surface area contributed by atoms with Crippen molar-refractivity contribution in [1.29, 1.82) is 5.26 Å². The lowest BCUT2D eigenvalue weighted by molar-refractivity contribution is 0.0238. The van der Waals surface area contributed by atoms with Crippen LogP contribution in [0.15, 0.2) is 34.9 Å². The number of carbonyl (C=O) groups is 1. The molecule has 11 nitrogen and oxygen atoms in total. The van der Waals surface area contributed by atoms with E-state index in [4.69, 9.17) is 24.0 Å². The maximum Gasteiger partial charge on any atom is 0.251 e. The summed E-state index contributed by atoms with van der Waals surface area (Å²) < 4.78 is 16.9. The van der Waals surface area contributed by atoms with E-state index >= 15 is 0 Å². The van der Waals surface area contributed by atoms with Crippen molar-refractivity contribution in [2.45, 2.75) is 77.8 Å².